The largest absolute Gasteiger partial charge is 0.383 e. The zero-order chi connectivity index (χ0) is 13.9. The van der Waals surface area contributed by atoms with Crippen LogP contribution in [0.4, 0.5) is 11.5 Å². The van der Waals surface area contributed by atoms with Gasteiger partial charge in [0, 0.05) is 20.5 Å². The van der Waals surface area contributed by atoms with E-state index >= 15 is 0 Å². The van der Waals surface area contributed by atoms with Gasteiger partial charge in [0.15, 0.2) is 0 Å². The number of carbonyl (C=O) groups excluding carboxylic acids is 1. The van der Waals surface area contributed by atoms with E-state index in [1.807, 2.05) is 0 Å². The van der Waals surface area contributed by atoms with Crippen LogP contribution >= 0.6 is 0 Å². The van der Waals surface area contributed by atoms with Gasteiger partial charge in [-0.3, -0.25) is 18.7 Å². The summed E-state index contributed by atoms with van der Waals surface area (Å²) in [4.78, 5) is 34.9. The number of rotatable bonds is 3. The van der Waals surface area contributed by atoms with Gasteiger partial charge in [0.25, 0.3) is 5.56 Å². The monoisotopic (exact) mass is 252 g/mol. The van der Waals surface area contributed by atoms with Gasteiger partial charge in [-0.1, -0.05) is 12.2 Å². The van der Waals surface area contributed by atoms with Crippen molar-refractivity contribution in [3.05, 3.63) is 33.0 Å². The fourth-order valence-corrected chi connectivity index (χ4v) is 1.39. The molecule has 0 bridgehead atoms. The highest BCUT2D eigenvalue weighted by Gasteiger charge is 2.14. The van der Waals surface area contributed by atoms with Crippen molar-refractivity contribution >= 4 is 17.4 Å². The molecule has 7 heteroatoms. The first-order chi connectivity index (χ1) is 8.40. The van der Waals surface area contributed by atoms with Crippen LogP contribution in [0, 0.1) is 0 Å². The van der Waals surface area contributed by atoms with Crippen molar-refractivity contribution in [2.75, 3.05) is 11.1 Å². The van der Waals surface area contributed by atoms with Crippen molar-refractivity contribution in [1.82, 2.24) is 9.13 Å². The highest BCUT2D eigenvalue weighted by molar-refractivity contribution is 5.93. The van der Waals surface area contributed by atoms with Gasteiger partial charge in [0.2, 0.25) is 5.91 Å². The lowest BCUT2D eigenvalue weighted by Gasteiger charge is -2.11. The van der Waals surface area contributed by atoms with Crippen LogP contribution in [0.2, 0.25) is 0 Å². The summed E-state index contributed by atoms with van der Waals surface area (Å²) in [6, 6.07) is 0. The molecule has 0 aliphatic heterocycles. The van der Waals surface area contributed by atoms with E-state index in [-0.39, 0.29) is 23.8 Å². The van der Waals surface area contributed by atoms with Gasteiger partial charge in [-0.2, -0.15) is 0 Å². The van der Waals surface area contributed by atoms with E-state index in [0.29, 0.717) is 0 Å². The Hall–Kier alpha value is -2.31. The quantitative estimate of drug-likeness (QED) is 0.713. The van der Waals surface area contributed by atoms with Crippen molar-refractivity contribution in [3.63, 3.8) is 0 Å². The molecular formula is C11H16N4O3. The molecule has 0 atom stereocenters. The third-order valence-electron chi connectivity index (χ3n) is 2.51. The summed E-state index contributed by atoms with van der Waals surface area (Å²) in [6.45, 7) is 1.78. The summed E-state index contributed by atoms with van der Waals surface area (Å²) >= 11 is 0. The number of carbonyl (C=O) groups is 1. The van der Waals surface area contributed by atoms with E-state index in [1.54, 1.807) is 19.1 Å². The summed E-state index contributed by atoms with van der Waals surface area (Å²) in [6.07, 6.45) is 3.52. The second-order valence-corrected chi connectivity index (χ2v) is 3.79. The summed E-state index contributed by atoms with van der Waals surface area (Å²) in [5.74, 6) is -0.424. The first kappa shape index (κ1) is 13.8. The Labute approximate surface area is 104 Å². The van der Waals surface area contributed by atoms with Crippen LogP contribution in [-0.2, 0) is 18.9 Å². The smallest absolute Gasteiger partial charge is 0.332 e. The third kappa shape index (κ3) is 2.50. The van der Waals surface area contributed by atoms with Crippen molar-refractivity contribution in [1.29, 1.82) is 0 Å². The number of allylic oxidation sites excluding steroid dienone is 1. The van der Waals surface area contributed by atoms with Crippen molar-refractivity contribution < 1.29 is 4.79 Å². The van der Waals surface area contributed by atoms with E-state index in [2.05, 4.69) is 5.32 Å². The molecule has 0 aromatic carbocycles. The maximum atomic E-state index is 11.8. The van der Waals surface area contributed by atoms with Gasteiger partial charge in [-0.05, 0) is 6.92 Å². The van der Waals surface area contributed by atoms with E-state index in [4.69, 9.17) is 5.73 Å². The summed E-state index contributed by atoms with van der Waals surface area (Å²) in [7, 11) is 2.75. The lowest BCUT2D eigenvalue weighted by molar-refractivity contribution is -0.115. The fraction of sp³-hybridized carbons (Fsp3) is 0.364. The summed E-state index contributed by atoms with van der Waals surface area (Å²) in [5.41, 5.74) is 4.41. The van der Waals surface area contributed by atoms with Crippen LogP contribution in [-0.4, -0.2) is 15.0 Å². The minimum Gasteiger partial charge on any atom is -0.383 e. The number of anilines is 2. The molecule has 0 unspecified atom stereocenters. The number of nitrogens with one attached hydrogen (secondary N) is 1. The molecule has 1 heterocycles. The molecule has 3 N–H and O–H groups in total. The molecule has 98 valence electrons. The molecule has 0 aliphatic rings. The van der Waals surface area contributed by atoms with Crippen LogP contribution in [0.1, 0.15) is 13.3 Å². The minimum absolute atomic E-state index is 0.0584. The van der Waals surface area contributed by atoms with Crippen molar-refractivity contribution in [2.45, 2.75) is 13.3 Å². The van der Waals surface area contributed by atoms with E-state index in [9.17, 15) is 14.4 Å². The Morgan fingerprint density at radius 3 is 2.50 bits per heavy atom. The SMILES string of the molecule is CC=CCC(=O)Nc1c(N)n(C)c(=O)n(C)c1=O. The van der Waals surface area contributed by atoms with Gasteiger partial charge in [-0.25, -0.2) is 4.79 Å². The summed E-state index contributed by atoms with van der Waals surface area (Å²) in [5, 5.41) is 2.41. The van der Waals surface area contributed by atoms with Crippen molar-refractivity contribution in [3.8, 4) is 0 Å². The zero-order valence-electron chi connectivity index (χ0n) is 10.6. The van der Waals surface area contributed by atoms with Gasteiger partial charge >= 0.3 is 5.69 Å². The first-order valence-corrected chi connectivity index (χ1v) is 5.36. The lowest BCUT2D eigenvalue weighted by atomic mass is 10.3. The van der Waals surface area contributed by atoms with Crippen LogP contribution in [0.5, 0.6) is 0 Å². The Balaban J connectivity index is 3.22. The molecule has 1 aromatic rings. The molecule has 0 spiro atoms. The Morgan fingerprint density at radius 1 is 1.33 bits per heavy atom. The fourth-order valence-electron chi connectivity index (χ4n) is 1.39. The number of aromatic nitrogens is 2. The Kier molecular flexibility index (Phi) is 4.09. The standard InChI is InChI=1S/C11H16N4O3/c1-4-5-6-7(16)13-8-9(12)14(2)11(18)15(3)10(8)17/h4-5H,6,12H2,1-3H3,(H,13,16). The summed E-state index contributed by atoms with van der Waals surface area (Å²) < 4.78 is 1.99. The predicted octanol–water partition coefficient (Wildman–Crippen LogP) is -0.429. The first-order valence-electron chi connectivity index (χ1n) is 5.36. The molecule has 18 heavy (non-hydrogen) atoms. The molecule has 1 aromatic heterocycles. The van der Waals surface area contributed by atoms with Crippen LogP contribution < -0.4 is 22.3 Å². The molecule has 0 saturated carbocycles. The zero-order valence-corrected chi connectivity index (χ0v) is 10.6. The number of nitrogen functional groups attached to an aromatic ring is 1. The maximum absolute atomic E-state index is 11.8. The molecular weight excluding hydrogens is 236 g/mol. The van der Waals surface area contributed by atoms with Crippen molar-refractivity contribution in [2.24, 2.45) is 14.1 Å². The molecule has 0 aliphatic carbocycles. The lowest BCUT2D eigenvalue weighted by Crippen LogP contribution is -2.40. The molecule has 0 saturated heterocycles. The molecule has 7 nitrogen and oxygen atoms in total. The van der Waals surface area contributed by atoms with Crippen LogP contribution in [0.3, 0.4) is 0 Å². The topological polar surface area (TPSA) is 99.1 Å². The maximum Gasteiger partial charge on any atom is 0.332 e. The van der Waals surface area contributed by atoms with E-state index in [0.717, 1.165) is 9.13 Å². The Morgan fingerprint density at radius 2 is 1.94 bits per heavy atom. The predicted molar refractivity (Wildman–Crippen MR) is 69.4 cm³/mol. The van der Waals surface area contributed by atoms with Gasteiger partial charge in [0.05, 0.1) is 0 Å². The normalized spacial score (nSPS) is 10.8. The minimum atomic E-state index is -0.621. The number of nitrogens with zero attached hydrogens (tertiary/aromatic N) is 2. The number of hydrogen-bond acceptors (Lipinski definition) is 4. The van der Waals surface area contributed by atoms with Crippen LogP contribution in [0.15, 0.2) is 21.7 Å². The van der Waals surface area contributed by atoms with E-state index in [1.165, 1.54) is 14.1 Å². The van der Waals surface area contributed by atoms with Gasteiger partial charge in [-0.15, -0.1) is 0 Å². The second-order valence-electron chi connectivity index (χ2n) is 3.79. The second kappa shape index (κ2) is 5.35. The van der Waals surface area contributed by atoms with Gasteiger partial charge in [0.1, 0.15) is 11.5 Å². The van der Waals surface area contributed by atoms with E-state index < -0.39 is 11.2 Å². The highest BCUT2D eigenvalue weighted by atomic mass is 16.2. The third-order valence-corrected chi connectivity index (χ3v) is 2.51. The number of nitrogens with two attached hydrogens (primary N) is 1. The number of amides is 1. The number of hydrogen-bond donors (Lipinski definition) is 2. The molecule has 1 rings (SSSR count). The molecule has 0 radical (unpaired) electrons. The van der Waals surface area contributed by atoms with Crippen LogP contribution in [0.25, 0.3) is 0 Å². The highest BCUT2D eigenvalue weighted by Crippen LogP contribution is 2.09. The van der Waals surface area contributed by atoms with Gasteiger partial charge < -0.3 is 11.1 Å². The average Bonchev–Trinajstić information content (AvgIpc) is 2.36. The molecule has 0 fully saturated rings. The molecule has 1 amide bonds. The Bertz CT molecular complexity index is 610. The average molecular weight is 252 g/mol.